The first kappa shape index (κ1) is 8.53. The van der Waals surface area contributed by atoms with E-state index in [4.69, 9.17) is 10.6 Å². The van der Waals surface area contributed by atoms with Gasteiger partial charge < -0.3 is 9.29 Å². The molecule has 0 unspecified atom stereocenters. The standard InChI is InChI=1S/CHN3O5S/c2-3-4-10(7,8)9-1(5)6/h(H,5,6). The summed E-state index contributed by atoms with van der Waals surface area (Å²) in [6, 6.07) is 0. The fourth-order valence-electron chi connectivity index (χ4n) is 0.151. The second-order valence-electron chi connectivity index (χ2n) is 0.948. The van der Waals surface area contributed by atoms with E-state index in [1.54, 1.807) is 0 Å². The first-order valence-electron chi connectivity index (χ1n) is 1.71. The molecule has 0 spiro atoms. The quantitative estimate of drug-likeness (QED) is 0.357. The fourth-order valence-corrected chi connectivity index (χ4v) is 0.454. The van der Waals surface area contributed by atoms with Crippen molar-refractivity contribution in [1.29, 1.82) is 0 Å². The maximum Gasteiger partial charge on any atom is 0.521 e. The van der Waals surface area contributed by atoms with Gasteiger partial charge in [0.05, 0.1) is 4.52 Å². The normalized spacial score (nSPS) is 9.60. The van der Waals surface area contributed by atoms with E-state index in [-0.39, 0.29) is 0 Å². The van der Waals surface area contributed by atoms with E-state index in [2.05, 4.69) is 4.18 Å². The number of hydrogen-bond donors (Lipinski definition) is 1. The molecule has 0 aliphatic heterocycles. The second-order valence-corrected chi connectivity index (χ2v) is 2.13. The van der Waals surface area contributed by atoms with Crippen LogP contribution in [0.5, 0.6) is 0 Å². The Labute approximate surface area is 54.9 Å². The van der Waals surface area contributed by atoms with E-state index in [0.717, 1.165) is 0 Å². The van der Waals surface area contributed by atoms with Gasteiger partial charge in [-0.1, -0.05) is 0 Å². The van der Waals surface area contributed by atoms with Crippen molar-refractivity contribution in [3.8, 4) is 0 Å². The second kappa shape index (κ2) is 2.90. The predicted molar refractivity (Wildman–Crippen MR) is 27.2 cm³/mol. The SMILES string of the molecule is [N-]=[N+]=NS(=O)(=O)OC(=O)O. The minimum atomic E-state index is -4.62. The van der Waals surface area contributed by atoms with Crippen LogP contribution in [0, 0.1) is 0 Å². The van der Waals surface area contributed by atoms with E-state index in [9.17, 15) is 13.2 Å². The number of carboxylic acid groups (broad SMARTS) is 1. The van der Waals surface area contributed by atoms with E-state index in [1.165, 1.54) is 0 Å². The molecule has 0 aromatic carbocycles. The molecule has 0 aliphatic rings. The van der Waals surface area contributed by atoms with Gasteiger partial charge in [-0.2, -0.15) is 8.42 Å². The summed E-state index contributed by atoms with van der Waals surface area (Å²) in [7, 11) is -4.62. The highest BCUT2D eigenvalue weighted by Gasteiger charge is 2.12. The lowest BCUT2D eigenvalue weighted by molar-refractivity contribution is 0.147. The van der Waals surface area contributed by atoms with Gasteiger partial charge >= 0.3 is 16.5 Å². The smallest absolute Gasteiger partial charge is 0.449 e. The van der Waals surface area contributed by atoms with Gasteiger partial charge in [0.2, 0.25) is 0 Å². The van der Waals surface area contributed by atoms with Gasteiger partial charge in [-0.15, -0.1) is 0 Å². The molecule has 0 bridgehead atoms. The summed E-state index contributed by atoms with van der Waals surface area (Å²) >= 11 is 0. The van der Waals surface area contributed by atoms with E-state index in [1.807, 2.05) is 9.43 Å². The molecule has 0 amide bonds. The van der Waals surface area contributed by atoms with E-state index < -0.39 is 16.5 Å². The van der Waals surface area contributed by atoms with Crippen molar-refractivity contribution in [2.45, 2.75) is 0 Å². The topological polar surface area (TPSA) is 129 Å². The molecule has 0 aromatic heterocycles. The Bertz CT molecular complexity index is 271. The summed E-state index contributed by atoms with van der Waals surface area (Å²) in [5.74, 6) is 0. The monoisotopic (exact) mass is 167 g/mol. The molecule has 0 atom stereocenters. The van der Waals surface area contributed by atoms with Crippen molar-refractivity contribution in [3.63, 3.8) is 0 Å². The van der Waals surface area contributed by atoms with Crippen LogP contribution < -0.4 is 0 Å². The molecule has 0 radical (unpaired) electrons. The third-order valence-electron chi connectivity index (χ3n) is 0.313. The molecule has 8 nitrogen and oxygen atoms in total. The van der Waals surface area contributed by atoms with Gasteiger partial charge in [0, 0.05) is 4.91 Å². The molecule has 0 saturated heterocycles. The van der Waals surface area contributed by atoms with Crippen molar-refractivity contribution in [2.75, 3.05) is 0 Å². The highest BCUT2D eigenvalue weighted by molar-refractivity contribution is 7.85. The fraction of sp³-hybridized carbons (Fsp3) is 0. The number of carbonyl (C=O) groups is 1. The molecule has 0 rings (SSSR count). The third kappa shape index (κ3) is 3.52. The zero-order valence-electron chi connectivity index (χ0n) is 4.33. The van der Waals surface area contributed by atoms with Crippen molar-refractivity contribution in [3.05, 3.63) is 10.4 Å². The zero-order chi connectivity index (χ0) is 8.20. The predicted octanol–water partition coefficient (Wildman–Crippen LogP) is 0.236. The Balaban J connectivity index is 4.45. The molecule has 1 N–H and O–H groups in total. The lowest BCUT2D eigenvalue weighted by Gasteiger charge is -1.90. The summed E-state index contributed by atoms with van der Waals surface area (Å²) in [6.45, 7) is 0. The van der Waals surface area contributed by atoms with Crippen LogP contribution in [0.3, 0.4) is 0 Å². The van der Waals surface area contributed by atoms with Crippen LogP contribution in [0.2, 0.25) is 0 Å². The Morgan fingerprint density at radius 3 is 2.50 bits per heavy atom. The average Bonchev–Trinajstić information content (AvgIpc) is 1.59. The molecular weight excluding hydrogens is 166 g/mol. The molecule has 0 fully saturated rings. The Hall–Kier alpha value is -1.47. The van der Waals surface area contributed by atoms with Crippen molar-refractivity contribution in [2.24, 2.45) is 4.52 Å². The maximum absolute atomic E-state index is 10.0. The minimum absolute atomic E-state index is 1.81. The van der Waals surface area contributed by atoms with Gasteiger partial charge in [0.15, 0.2) is 0 Å². The molecule has 9 heteroatoms. The summed E-state index contributed by atoms with van der Waals surface area (Å²) in [5.41, 5.74) is 7.52. The number of azide groups is 1. The third-order valence-corrected chi connectivity index (χ3v) is 0.939. The van der Waals surface area contributed by atoms with Gasteiger partial charge in [-0.25, -0.2) is 4.79 Å². The van der Waals surface area contributed by atoms with Crippen molar-refractivity contribution >= 4 is 16.5 Å². The molecule has 0 heterocycles. The summed E-state index contributed by atoms with van der Waals surface area (Å²) < 4.78 is 25.2. The summed E-state index contributed by atoms with van der Waals surface area (Å²) in [5, 5.41) is 7.69. The maximum atomic E-state index is 10.0. The van der Waals surface area contributed by atoms with Gasteiger partial charge in [0.1, 0.15) is 0 Å². The largest absolute Gasteiger partial charge is 0.521 e. The first-order valence-corrected chi connectivity index (χ1v) is 3.08. The van der Waals surface area contributed by atoms with Crippen LogP contribution in [0.1, 0.15) is 0 Å². The van der Waals surface area contributed by atoms with E-state index in [0.29, 0.717) is 0 Å². The van der Waals surface area contributed by atoms with Crippen LogP contribution in [0.15, 0.2) is 4.52 Å². The number of nitrogens with zero attached hydrogens (tertiary/aromatic N) is 3. The summed E-state index contributed by atoms with van der Waals surface area (Å²) in [6.07, 6.45) is -2.05. The van der Waals surface area contributed by atoms with Crippen LogP contribution in [0.4, 0.5) is 4.79 Å². The summed E-state index contributed by atoms with van der Waals surface area (Å²) in [4.78, 5) is 11.3. The average molecular weight is 167 g/mol. The molecule has 0 saturated carbocycles. The van der Waals surface area contributed by atoms with Crippen LogP contribution in [-0.4, -0.2) is 19.7 Å². The number of rotatable bonds is 2. The highest BCUT2D eigenvalue weighted by Crippen LogP contribution is 1.94. The molecule has 0 aromatic rings. The minimum Gasteiger partial charge on any atom is -0.449 e. The lowest BCUT2D eigenvalue weighted by Crippen LogP contribution is -2.06. The van der Waals surface area contributed by atoms with Crippen LogP contribution in [-0.2, 0) is 14.5 Å². The Morgan fingerprint density at radius 1 is 1.70 bits per heavy atom. The Kier molecular flexibility index (Phi) is 2.47. The first-order chi connectivity index (χ1) is 4.48. The number of hydrogen-bond acceptors (Lipinski definition) is 4. The molecule has 56 valence electrons. The van der Waals surface area contributed by atoms with Gasteiger partial charge in [-0.05, 0) is 5.53 Å². The van der Waals surface area contributed by atoms with Crippen LogP contribution in [0.25, 0.3) is 10.4 Å². The molecular formula is CHN3O5S. The zero-order valence-corrected chi connectivity index (χ0v) is 5.15. The van der Waals surface area contributed by atoms with E-state index >= 15 is 0 Å². The van der Waals surface area contributed by atoms with Gasteiger partial charge in [0.25, 0.3) is 0 Å². The van der Waals surface area contributed by atoms with Gasteiger partial charge in [-0.3, -0.25) is 0 Å². The Morgan fingerprint density at radius 2 is 2.20 bits per heavy atom. The van der Waals surface area contributed by atoms with Crippen molar-refractivity contribution < 1.29 is 22.5 Å². The van der Waals surface area contributed by atoms with Crippen LogP contribution >= 0.6 is 0 Å². The van der Waals surface area contributed by atoms with Crippen molar-refractivity contribution in [1.82, 2.24) is 0 Å². The molecule has 10 heavy (non-hydrogen) atoms. The highest BCUT2D eigenvalue weighted by atomic mass is 32.2. The molecule has 0 aliphatic carbocycles. The lowest BCUT2D eigenvalue weighted by atomic mass is 11.5.